The number of halogens is 2. The number of hydrazone groups is 1. The highest BCUT2D eigenvalue weighted by Gasteiger charge is 2.28. The first-order chi connectivity index (χ1) is 14.5. The van der Waals surface area contributed by atoms with E-state index in [1.165, 1.54) is 11.1 Å². The van der Waals surface area contributed by atoms with Crippen LogP contribution in [0.25, 0.3) is 6.08 Å². The van der Waals surface area contributed by atoms with Crippen LogP contribution in [0.3, 0.4) is 0 Å². The predicted molar refractivity (Wildman–Crippen MR) is 117 cm³/mol. The van der Waals surface area contributed by atoms with Gasteiger partial charge in [0.05, 0.1) is 22.0 Å². The number of hydrogen-bond donors (Lipinski definition) is 0. The third-order valence-corrected chi connectivity index (χ3v) is 5.05. The molecule has 1 amide bonds. The standard InChI is InChI=1S/C24H18ClFN2O2/c1-16-20(24(29)28(27-16)18-6-3-2-4-7-18)14-17-10-12-19(13-11-17)30-15-21-22(25)8-5-9-23(21)26/h2-14H,15H2,1H3/b20-14-. The van der Waals surface area contributed by atoms with Gasteiger partial charge in [0, 0.05) is 5.56 Å². The van der Waals surface area contributed by atoms with Gasteiger partial charge in [-0.15, -0.1) is 0 Å². The summed E-state index contributed by atoms with van der Waals surface area (Å²) >= 11 is 6.02. The van der Waals surface area contributed by atoms with Crippen LogP contribution < -0.4 is 9.75 Å². The first-order valence-corrected chi connectivity index (χ1v) is 9.73. The molecule has 1 heterocycles. The first kappa shape index (κ1) is 19.9. The van der Waals surface area contributed by atoms with Gasteiger partial charge in [-0.05, 0) is 55.0 Å². The summed E-state index contributed by atoms with van der Waals surface area (Å²) in [5, 5.41) is 6.10. The van der Waals surface area contributed by atoms with Crippen LogP contribution in [-0.2, 0) is 11.4 Å². The minimum atomic E-state index is -0.402. The molecule has 4 rings (SSSR count). The Labute approximate surface area is 178 Å². The van der Waals surface area contributed by atoms with Crippen molar-refractivity contribution in [3.63, 3.8) is 0 Å². The van der Waals surface area contributed by atoms with Crippen molar-refractivity contribution >= 4 is 35.0 Å². The second kappa shape index (κ2) is 8.51. The van der Waals surface area contributed by atoms with Crippen LogP contribution in [0, 0.1) is 5.82 Å². The maximum Gasteiger partial charge on any atom is 0.280 e. The van der Waals surface area contributed by atoms with Crippen molar-refractivity contribution in [3.8, 4) is 5.75 Å². The molecule has 6 heteroatoms. The van der Waals surface area contributed by atoms with E-state index in [0.29, 0.717) is 27.6 Å². The average Bonchev–Trinajstić information content (AvgIpc) is 3.03. The van der Waals surface area contributed by atoms with E-state index in [9.17, 15) is 9.18 Å². The van der Waals surface area contributed by atoms with E-state index in [2.05, 4.69) is 5.10 Å². The number of carbonyl (C=O) groups is 1. The van der Waals surface area contributed by atoms with E-state index >= 15 is 0 Å². The molecule has 3 aromatic rings. The lowest BCUT2D eigenvalue weighted by atomic mass is 10.1. The fourth-order valence-corrected chi connectivity index (χ4v) is 3.30. The fraction of sp³-hybridized carbons (Fsp3) is 0.0833. The monoisotopic (exact) mass is 420 g/mol. The molecule has 0 atom stereocenters. The number of rotatable bonds is 5. The Morgan fingerprint density at radius 2 is 1.77 bits per heavy atom. The van der Waals surface area contributed by atoms with Gasteiger partial charge in [0.15, 0.2) is 0 Å². The summed E-state index contributed by atoms with van der Waals surface area (Å²) in [5.41, 5.74) is 3.05. The molecular formula is C24H18ClFN2O2. The van der Waals surface area contributed by atoms with Crippen LogP contribution in [0.4, 0.5) is 10.1 Å². The van der Waals surface area contributed by atoms with Gasteiger partial charge in [-0.2, -0.15) is 10.1 Å². The zero-order valence-corrected chi connectivity index (χ0v) is 16.9. The Balaban J connectivity index is 1.47. The minimum Gasteiger partial charge on any atom is -0.489 e. The largest absolute Gasteiger partial charge is 0.489 e. The predicted octanol–water partition coefficient (Wildman–Crippen LogP) is 5.86. The van der Waals surface area contributed by atoms with E-state index < -0.39 is 5.82 Å². The van der Waals surface area contributed by atoms with Crippen molar-refractivity contribution in [1.29, 1.82) is 0 Å². The molecule has 0 fully saturated rings. The van der Waals surface area contributed by atoms with Gasteiger partial charge in [0.2, 0.25) is 0 Å². The molecule has 0 N–H and O–H groups in total. The smallest absolute Gasteiger partial charge is 0.280 e. The minimum absolute atomic E-state index is 0.0300. The summed E-state index contributed by atoms with van der Waals surface area (Å²) in [4.78, 5) is 12.8. The van der Waals surface area contributed by atoms with Crippen LogP contribution in [0.5, 0.6) is 5.75 Å². The molecular weight excluding hydrogens is 403 g/mol. The van der Waals surface area contributed by atoms with Crippen LogP contribution in [-0.4, -0.2) is 11.6 Å². The van der Waals surface area contributed by atoms with Crippen molar-refractivity contribution in [3.05, 3.63) is 100 Å². The Morgan fingerprint density at radius 1 is 1.03 bits per heavy atom. The van der Waals surface area contributed by atoms with Crippen molar-refractivity contribution in [2.45, 2.75) is 13.5 Å². The molecule has 0 spiro atoms. The Hall–Kier alpha value is -3.44. The number of para-hydroxylation sites is 1. The van der Waals surface area contributed by atoms with Crippen LogP contribution in [0.15, 0.2) is 83.5 Å². The zero-order chi connectivity index (χ0) is 21.1. The highest BCUT2D eigenvalue weighted by atomic mass is 35.5. The first-order valence-electron chi connectivity index (χ1n) is 9.35. The molecule has 4 nitrogen and oxygen atoms in total. The van der Waals surface area contributed by atoms with Gasteiger partial charge < -0.3 is 4.74 Å². The van der Waals surface area contributed by atoms with Gasteiger partial charge in [0.1, 0.15) is 18.2 Å². The van der Waals surface area contributed by atoms with Crippen molar-refractivity contribution in [2.24, 2.45) is 5.10 Å². The number of hydrogen-bond acceptors (Lipinski definition) is 3. The molecule has 0 bridgehead atoms. The van der Waals surface area contributed by atoms with E-state index in [4.69, 9.17) is 16.3 Å². The fourth-order valence-electron chi connectivity index (χ4n) is 3.08. The van der Waals surface area contributed by atoms with Crippen molar-refractivity contribution in [2.75, 3.05) is 5.01 Å². The van der Waals surface area contributed by atoms with Crippen molar-refractivity contribution in [1.82, 2.24) is 0 Å². The highest BCUT2D eigenvalue weighted by molar-refractivity contribution is 6.32. The maximum absolute atomic E-state index is 13.9. The number of anilines is 1. The molecule has 0 saturated heterocycles. The molecule has 3 aromatic carbocycles. The molecule has 0 aliphatic carbocycles. The van der Waals surface area contributed by atoms with Crippen LogP contribution in [0.1, 0.15) is 18.1 Å². The van der Waals surface area contributed by atoms with Gasteiger partial charge in [0.25, 0.3) is 5.91 Å². The number of carbonyl (C=O) groups excluding carboxylic acids is 1. The average molecular weight is 421 g/mol. The summed E-state index contributed by atoms with van der Waals surface area (Å²) in [6.45, 7) is 1.84. The van der Waals surface area contributed by atoms with E-state index in [-0.39, 0.29) is 12.5 Å². The lowest BCUT2D eigenvalue weighted by Crippen LogP contribution is -2.21. The molecule has 0 aromatic heterocycles. The third-order valence-electron chi connectivity index (χ3n) is 4.70. The lowest BCUT2D eigenvalue weighted by Gasteiger charge is -2.11. The quantitative estimate of drug-likeness (QED) is 0.485. The van der Waals surface area contributed by atoms with Gasteiger partial charge in [-0.3, -0.25) is 4.79 Å². The summed E-state index contributed by atoms with van der Waals surface area (Å²) in [5.74, 6) is 0.0000671. The summed E-state index contributed by atoms with van der Waals surface area (Å²) in [6, 6.07) is 21.0. The van der Waals surface area contributed by atoms with E-state index in [1.54, 1.807) is 30.3 Å². The van der Waals surface area contributed by atoms with Crippen LogP contribution in [0.2, 0.25) is 5.02 Å². The van der Waals surface area contributed by atoms with Gasteiger partial charge in [-0.1, -0.05) is 48.0 Å². The van der Waals surface area contributed by atoms with Gasteiger partial charge in [-0.25, -0.2) is 4.39 Å². The maximum atomic E-state index is 13.9. The SMILES string of the molecule is CC1=NN(c2ccccc2)C(=O)/C1=C\c1ccc(OCc2c(F)cccc2Cl)cc1. The Morgan fingerprint density at radius 3 is 2.47 bits per heavy atom. The topological polar surface area (TPSA) is 41.9 Å². The molecule has 0 saturated carbocycles. The normalized spacial score (nSPS) is 14.9. The van der Waals surface area contributed by atoms with Gasteiger partial charge >= 0.3 is 0 Å². The summed E-state index contributed by atoms with van der Waals surface area (Å²) < 4.78 is 19.5. The molecule has 0 radical (unpaired) electrons. The number of ether oxygens (including phenoxy) is 1. The van der Waals surface area contributed by atoms with Crippen molar-refractivity contribution < 1.29 is 13.9 Å². The number of benzene rings is 3. The van der Waals surface area contributed by atoms with Crippen LogP contribution >= 0.6 is 11.6 Å². The molecule has 1 aliphatic rings. The molecule has 1 aliphatic heterocycles. The number of amides is 1. The second-order valence-corrected chi connectivity index (χ2v) is 7.16. The highest BCUT2D eigenvalue weighted by Crippen LogP contribution is 2.26. The number of nitrogens with zero attached hydrogens (tertiary/aromatic N) is 2. The Kier molecular flexibility index (Phi) is 5.63. The van der Waals surface area contributed by atoms with E-state index in [0.717, 1.165) is 11.3 Å². The molecule has 30 heavy (non-hydrogen) atoms. The zero-order valence-electron chi connectivity index (χ0n) is 16.2. The lowest BCUT2D eigenvalue weighted by molar-refractivity contribution is -0.114. The Bertz CT molecular complexity index is 1120. The molecule has 0 unspecified atom stereocenters. The summed E-state index contributed by atoms with van der Waals surface area (Å²) in [7, 11) is 0. The third kappa shape index (κ3) is 4.11. The molecule has 150 valence electrons. The second-order valence-electron chi connectivity index (χ2n) is 6.75. The summed E-state index contributed by atoms with van der Waals surface area (Å²) in [6.07, 6.45) is 1.79. The van der Waals surface area contributed by atoms with E-state index in [1.807, 2.05) is 49.4 Å².